The summed E-state index contributed by atoms with van der Waals surface area (Å²) in [4.78, 5) is 37.9. The fraction of sp³-hybridized carbons (Fsp3) is 0.300. The van der Waals surface area contributed by atoms with Gasteiger partial charge in [0.1, 0.15) is 14.1 Å². The summed E-state index contributed by atoms with van der Waals surface area (Å²) in [5, 5.41) is 18.5. The maximum absolute atomic E-state index is 11.8. The number of halogens is 3. The normalized spacial score (nSPS) is 13.3. The highest BCUT2D eigenvalue weighted by atomic mass is 127. The Balaban J connectivity index is 2.69. The molecule has 0 radical (unpaired) electrons. The molecule has 2 unspecified atom stereocenters. The third-order valence-corrected chi connectivity index (χ3v) is 5.59. The van der Waals surface area contributed by atoms with Crippen molar-refractivity contribution in [2.75, 3.05) is 5.33 Å². The Labute approximate surface area is 148 Å². The van der Waals surface area contributed by atoms with Crippen LogP contribution in [0.4, 0.5) is 0 Å². The number of aromatic nitrogens is 1. The minimum absolute atomic E-state index is 0.167. The second-order valence-corrected chi connectivity index (χ2v) is 6.37. The molecule has 116 valence electrons. The molecule has 11 heteroatoms. The van der Waals surface area contributed by atoms with Gasteiger partial charge in [-0.25, -0.2) is 4.79 Å². The quantitative estimate of drug-likeness (QED) is 0.247. The average molecular weight is 541 g/mol. The summed E-state index contributed by atoms with van der Waals surface area (Å²) in [6.07, 6.45) is 0. The predicted octanol–water partition coefficient (Wildman–Crippen LogP) is 0.886. The minimum atomic E-state index is -1.14. The number of hydrogen-bond acceptors (Lipinski definition) is 7. The van der Waals surface area contributed by atoms with Crippen molar-refractivity contribution in [3.8, 4) is 11.8 Å². The molecule has 0 spiro atoms. The van der Waals surface area contributed by atoms with Gasteiger partial charge in [-0.15, -0.1) is 4.73 Å². The summed E-state index contributed by atoms with van der Waals surface area (Å²) in [6, 6.07) is 2.22. The number of aromatic hydroxyl groups is 2. The van der Waals surface area contributed by atoms with Gasteiger partial charge in [-0.05, 0) is 0 Å². The van der Waals surface area contributed by atoms with Crippen LogP contribution in [-0.2, 0) is 19.1 Å². The van der Waals surface area contributed by atoms with E-state index in [1.54, 1.807) is 22.6 Å². The van der Waals surface area contributed by atoms with E-state index in [2.05, 4.69) is 36.6 Å². The van der Waals surface area contributed by atoms with E-state index in [-0.39, 0.29) is 5.33 Å². The van der Waals surface area contributed by atoms with E-state index in [4.69, 9.17) is 4.84 Å². The monoisotopic (exact) mass is 539 g/mol. The lowest BCUT2D eigenvalue weighted by Gasteiger charge is -2.14. The van der Waals surface area contributed by atoms with Crippen LogP contribution in [0.15, 0.2) is 12.1 Å². The fourth-order valence-electron chi connectivity index (χ4n) is 1.07. The molecule has 21 heavy (non-hydrogen) atoms. The molecule has 0 saturated carbocycles. The van der Waals surface area contributed by atoms with E-state index in [1.165, 1.54) is 0 Å². The Kier molecular flexibility index (Phi) is 6.93. The first-order valence-electron chi connectivity index (χ1n) is 5.18. The van der Waals surface area contributed by atoms with E-state index in [1.807, 2.05) is 0 Å². The van der Waals surface area contributed by atoms with Crippen molar-refractivity contribution in [2.24, 2.45) is 0 Å². The Bertz CT molecular complexity index is 542. The molecule has 8 nitrogen and oxygen atoms in total. The van der Waals surface area contributed by atoms with Gasteiger partial charge in [0.05, 0.1) is 0 Å². The van der Waals surface area contributed by atoms with Gasteiger partial charge in [-0.3, -0.25) is 9.59 Å². The van der Waals surface area contributed by atoms with E-state index in [9.17, 15) is 24.6 Å². The second-order valence-electron chi connectivity index (χ2n) is 3.48. The lowest BCUT2D eigenvalue weighted by molar-refractivity contribution is -0.158. The number of alkyl halides is 3. The number of carbonyl (C=O) groups is 3. The molecule has 0 aliphatic heterocycles. The van der Waals surface area contributed by atoms with Crippen LogP contribution in [-0.4, -0.2) is 46.9 Å². The molecule has 0 aliphatic carbocycles. The smallest absolute Gasteiger partial charge is 0.347 e. The maximum Gasteiger partial charge on any atom is 0.347 e. The SMILES string of the molecule is O=C(CBr)OC(=O)C(Br)C(I)C(=O)On1c(O)ccc1O. The number of rotatable bonds is 5. The molecule has 0 aromatic carbocycles. The van der Waals surface area contributed by atoms with Crippen molar-refractivity contribution >= 4 is 72.4 Å². The zero-order valence-corrected chi connectivity index (χ0v) is 15.4. The van der Waals surface area contributed by atoms with Crippen molar-refractivity contribution in [1.82, 2.24) is 4.73 Å². The molecule has 0 fully saturated rings. The van der Waals surface area contributed by atoms with Crippen LogP contribution in [0.2, 0.25) is 0 Å². The summed E-state index contributed by atoms with van der Waals surface area (Å²) in [7, 11) is 0. The van der Waals surface area contributed by atoms with Gasteiger partial charge in [0, 0.05) is 12.1 Å². The number of nitrogens with zero attached hydrogens (tertiary/aromatic N) is 1. The van der Waals surface area contributed by atoms with E-state index in [0.717, 1.165) is 12.1 Å². The Morgan fingerprint density at radius 3 is 2.24 bits per heavy atom. The standard InChI is InChI=1S/C10H8Br2INO7/c11-3-6(17)20-9(18)7(12)8(13)10(19)21-14-4(15)1-2-5(14)16/h1-2,7-8,15-16H,3H2. The summed E-state index contributed by atoms with van der Waals surface area (Å²) in [5.74, 6) is -3.69. The van der Waals surface area contributed by atoms with Crippen LogP contribution in [0.25, 0.3) is 0 Å². The van der Waals surface area contributed by atoms with Gasteiger partial charge >= 0.3 is 17.9 Å². The fourth-order valence-corrected chi connectivity index (χ4v) is 1.90. The molecule has 0 aliphatic rings. The molecule has 1 aromatic rings. The first-order chi connectivity index (χ1) is 9.77. The number of carbonyl (C=O) groups excluding carboxylic acids is 3. The zero-order chi connectivity index (χ0) is 16.2. The molecule has 0 saturated heterocycles. The number of esters is 2. The molecule has 1 aromatic heterocycles. The van der Waals surface area contributed by atoms with Crippen molar-refractivity contribution < 1.29 is 34.2 Å². The third kappa shape index (κ3) is 4.85. The lowest BCUT2D eigenvalue weighted by atomic mass is 10.3. The number of hydrogen-bond donors (Lipinski definition) is 2. The van der Waals surface area contributed by atoms with Crippen LogP contribution in [0.1, 0.15) is 0 Å². The molecular formula is C10H8Br2INO7. The van der Waals surface area contributed by atoms with Crippen LogP contribution < -0.4 is 4.84 Å². The molecular weight excluding hydrogens is 533 g/mol. The largest absolute Gasteiger partial charge is 0.492 e. The van der Waals surface area contributed by atoms with E-state index >= 15 is 0 Å². The molecule has 0 bridgehead atoms. The maximum atomic E-state index is 11.8. The average Bonchev–Trinajstić information content (AvgIpc) is 2.76. The molecule has 2 N–H and O–H groups in total. The van der Waals surface area contributed by atoms with Crippen molar-refractivity contribution in [3.05, 3.63) is 12.1 Å². The van der Waals surface area contributed by atoms with Crippen molar-refractivity contribution in [1.29, 1.82) is 0 Å². The number of ether oxygens (including phenoxy) is 1. The first kappa shape index (κ1) is 18.2. The Hall–Kier alpha value is -0.820. The minimum Gasteiger partial charge on any atom is -0.492 e. The highest BCUT2D eigenvalue weighted by molar-refractivity contribution is 14.1. The second kappa shape index (κ2) is 7.98. The predicted molar refractivity (Wildman–Crippen MR) is 84.8 cm³/mol. The summed E-state index contributed by atoms with van der Waals surface area (Å²) >= 11 is 7.34. The lowest BCUT2D eigenvalue weighted by Crippen LogP contribution is -2.38. The van der Waals surface area contributed by atoms with Gasteiger partial charge in [0.15, 0.2) is 0 Å². The summed E-state index contributed by atoms with van der Waals surface area (Å²) in [6.45, 7) is 0. The van der Waals surface area contributed by atoms with E-state index in [0.29, 0.717) is 4.73 Å². The van der Waals surface area contributed by atoms with Gasteiger partial charge in [-0.2, -0.15) is 0 Å². The highest BCUT2D eigenvalue weighted by Gasteiger charge is 2.34. The van der Waals surface area contributed by atoms with Crippen LogP contribution in [0.3, 0.4) is 0 Å². The van der Waals surface area contributed by atoms with Gasteiger partial charge < -0.3 is 19.8 Å². The highest BCUT2D eigenvalue weighted by Crippen LogP contribution is 2.22. The van der Waals surface area contributed by atoms with Gasteiger partial charge in [0.2, 0.25) is 11.8 Å². The zero-order valence-electron chi connectivity index (χ0n) is 10.0. The molecule has 1 heterocycles. The van der Waals surface area contributed by atoms with Crippen molar-refractivity contribution in [3.63, 3.8) is 0 Å². The molecule has 1 rings (SSSR count). The first-order valence-corrected chi connectivity index (χ1v) is 8.46. The Morgan fingerprint density at radius 2 is 1.76 bits per heavy atom. The summed E-state index contributed by atoms with van der Waals surface area (Å²) in [5.41, 5.74) is 0. The topological polar surface area (TPSA) is 115 Å². The van der Waals surface area contributed by atoms with E-state index < -0.39 is 38.4 Å². The van der Waals surface area contributed by atoms with Crippen molar-refractivity contribution in [2.45, 2.75) is 8.75 Å². The van der Waals surface area contributed by atoms with Crippen LogP contribution in [0.5, 0.6) is 11.8 Å². The van der Waals surface area contributed by atoms with Gasteiger partial charge in [-0.1, -0.05) is 54.5 Å². The Morgan fingerprint density at radius 1 is 1.24 bits per heavy atom. The van der Waals surface area contributed by atoms with Crippen LogP contribution in [0, 0.1) is 0 Å². The third-order valence-electron chi connectivity index (χ3n) is 2.01. The molecule has 0 amide bonds. The van der Waals surface area contributed by atoms with Gasteiger partial charge in [0.25, 0.3) is 0 Å². The summed E-state index contributed by atoms with van der Waals surface area (Å²) < 4.78 is 3.84. The van der Waals surface area contributed by atoms with Crippen LogP contribution >= 0.6 is 54.5 Å². The molecule has 2 atom stereocenters.